The Kier molecular flexibility index (Phi) is 2.34. The predicted octanol–water partition coefficient (Wildman–Crippen LogP) is 2.88. The zero-order valence-corrected chi connectivity index (χ0v) is 9.28. The number of aromatic amines is 1. The van der Waals surface area contributed by atoms with Crippen molar-refractivity contribution in [1.29, 1.82) is 0 Å². The van der Waals surface area contributed by atoms with E-state index in [1.54, 1.807) is 0 Å². The van der Waals surface area contributed by atoms with Crippen molar-refractivity contribution in [2.75, 3.05) is 0 Å². The van der Waals surface area contributed by atoms with Crippen molar-refractivity contribution in [3.63, 3.8) is 0 Å². The number of halogens is 3. The Balaban J connectivity index is 3.12. The number of aryl methyl sites for hydroxylation is 1. The molecule has 5 heteroatoms. The average Bonchev–Trinajstić information content (AvgIpc) is 2.19. The van der Waals surface area contributed by atoms with Crippen LogP contribution in [0.25, 0.3) is 10.9 Å². The highest BCUT2D eigenvalue weighted by molar-refractivity contribution is 9.10. The lowest BCUT2D eigenvalue weighted by Crippen LogP contribution is -2.08. The molecular weight excluding hydrogens is 268 g/mol. The van der Waals surface area contributed by atoms with E-state index in [0.717, 1.165) is 6.07 Å². The topological polar surface area (TPSA) is 32.9 Å². The first kappa shape index (κ1) is 10.3. The molecule has 0 amide bonds. The molecule has 78 valence electrons. The predicted molar refractivity (Wildman–Crippen MR) is 56.9 cm³/mol. The molecule has 1 heterocycles. The molecular formula is C10H6BrF2NO. The summed E-state index contributed by atoms with van der Waals surface area (Å²) in [6, 6.07) is 1.06. The Morgan fingerprint density at radius 1 is 1.40 bits per heavy atom. The molecule has 2 rings (SSSR count). The smallest absolute Gasteiger partial charge is 0.206 e. The molecule has 0 bridgehead atoms. The Morgan fingerprint density at radius 3 is 2.73 bits per heavy atom. The third kappa shape index (κ3) is 1.47. The van der Waals surface area contributed by atoms with Crippen molar-refractivity contribution in [3.8, 4) is 0 Å². The van der Waals surface area contributed by atoms with Crippen molar-refractivity contribution in [2.45, 2.75) is 6.92 Å². The molecule has 0 atom stereocenters. The molecule has 0 aliphatic rings. The summed E-state index contributed by atoms with van der Waals surface area (Å²) >= 11 is 2.97. The van der Waals surface area contributed by atoms with Gasteiger partial charge in [-0.25, -0.2) is 8.78 Å². The Bertz CT molecular complexity index is 606. The minimum Gasteiger partial charge on any atom is -0.357 e. The number of H-pyrrole nitrogens is 1. The van der Waals surface area contributed by atoms with Crippen molar-refractivity contribution in [1.82, 2.24) is 4.98 Å². The minimum absolute atomic E-state index is 0.105. The van der Waals surface area contributed by atoms with E-state index < -0.39 is 17.1 Å². The van der Waals surface area contributed by atoms with E-state index in [9.17, 15) is 13.6 Å². The molecule has 15 heavy (non-hydrogen) atoms. The van der Waals surface area contributed by atoms with Gasteiger partial charge >= 0.3 is 0 Å². The second-order valence-electron chi connectivity index (χ2n) is 3.21. The van der Waals surface area contributed by atoms with Crippen LogP contribution >= 0.6 is 15.9 Å². The molecule has 0 aliphatic heterocycles. The lowest BCUT2D eigenvalue weighted by molar-refractivity contribution is 0.607. The van der Waals surface area contributed by atoms with E-state index in [1.807, 2.05) is 0 Å². The van der Waals surface area contributed by atoms with Gasteiger partial charge in [0.05, 0.1) is 15.4 Å². The first-order chi connectivity index (χ1) is 7.02. The zero-order chi connectivity index (χ0) is 11.2. The standard InChI is InChI=1S/C10H6BrF2NO/c1-4-2-6(12)9-7(8(4)13)10(15)5(11)3-14-9/h2-3H,1H3,(H,14,15). The van der Waals surface area contributed by atoms with Gasteiger partial charge in [0.2, 0.25) is 5.43 Å². The first-order valence-corrected chi connectivity index (χ1v) is 4.97. The fourth-order valence-corrected chi connectivity index (χ4v) is 1.74. The number of hydrogen-bond acceptors (Lipinski definition) is 1. The van der Waals surface area contributed by atoms with Crippen molar-refractivity contribution >= 4 is 26.8 Å². The van der Waals surface area contributed by atoms with Crippen LogP contribution in [0.3, 0.4) is 0 Å². The lowest BCUT2D eigenvalue weighted by Gasteiger charge is -2.04. The van der Waals surface area contributed by atoms with Crippen LogP contribution in [0.5, 0.6) is 0 Å². The van der Waals surface area contributed by atoms with Crippen LogP contribution in [0.2, 0.25) is 0 Å². The van der Waals surface area contributed by atoms with E-state index in [2.05, 4.69) is 20.9 Å². The van der Waals surface area contributed by atoms with E-state index in [1.165, 1.54) is 13.1 Å². The van der Waals surface area contributed by atoms with Gasteiger partial charge in [0.25, 0.3) is 0 Å². The number of pyridine rings is 1. The number of fused-ring (bicyclic) bond motifs is 1. The van der Waals surface area contributed by atoms with Crippen LogP contribution in [0.1, 0.15) is 5.56 Å². The van der Waals surface area contributed by atoms with E-state index in [0.29, 0.717) is 0 Å². The van der Waals surface area contributed by atoms with Gasteiger partial charge < -0.3 is 4.98 Å². The summed E-state index contributed by atoms with van der Waals surface area (Å²) in [7, 11) is 0. The highest BCUT2D eigenvalue weighted by Gasteiger charge is 2.14. The summed E-state index contributed by atoms with van der Waals surface area (Å²) in [5.41, 5.74) is -0.543. The quantitative estimate of drug-likeness (QED) is 0.787. The molecule has 0 saturated carbocycles. The molecule has 1 aromatic heterocycles. The Morgan fingerprint density at radius 2 is 2.07 bits per heavy atom. The molecule has 0 radical (unpaired) electrons. The Labute approximate surface area is 92.1 Å². The molecule has 0 unspecified atom stereocenters. The summed E-state index contributed by atoms with van der Waals surface area (Å²) in [5.74, 6) is -1.32. The SMILES string of the molecule is Cc1cc(F)c2[nH]cc(Br)c(=O)c2c1F. The maximum absolute atomic E-state index is 13.6. The van der Waals surface area contributed by atoms with Gasteiger partial charge in [0.1, 0.15) is 11.6 Å². The maximum Gasteiger partial charge on any atom is 0.206 e. The second-order valence-corrected chi connectivity index (χ2v) is 4.06. The molecule has 0 saturated heterocycles. The van der Waals surface area contributed by atoms with Gasteiger partial charge in [0.15, 0.2) is 0 Å². The first-order valence-electron chi connectivity index (χ1n) is 4.18. The lowest BCUT2D eigenvalue weighted by atomic mass is 10.1. The minimum atomic E-state index is -0.686. The van der Waals surface area contributed by atoms with Crippen LogP contribution in [-0.2, 0) is 0 Å². The van der Waals surface area contributed by atoms with Crippen LogP contribution in [0.4, 0.5) is 8.78 Å². The number of nitrogens with one attached hydrogen (secondary N) is 1. The molecule has 1 N–H and O–H groups in total. The summed E-state index contributed by atoms with van der Waals surface area (Å²) in [6.07, 6.45) is 1.29. The average molecular weight is 274 g/mol. The second kappa shape index (κ2) is 3.41. The normalized spacial score (nSPS) is 10.9. The van der Waals surface area contributed by atoms with E-state index in [4.69, 9.17) is 0 Å². The number of rotatable bonds is 0. The summed E-state index contributed by atoms with van der Waals surface area (Å²) in [4.78, 5) is 14.1. The summed E-state index contributed by atoms with van der Waals surface area (Å²) < 4.78 is 27.2. The molecule has 2 aromatic rings. The van der Waals surface area contributed by atoms with E-state index >= 15 is 0 Å². The molecule has 0 fully saturated rings. The maximum atomic E-state index is 13.6. The third-order valence-corrected chi connectivity index (χ3v) is 2.77. The van der Waals surface area contributed by atoms with E-state index in [-0.39, 0.29) is 20.9 Å². The van der Waals surface area contributed by atoms with Crippen LogP contribution in [0.15, 0.2) is 21.5 Å². The van der Waals surface area contributed by atoms with Crippen molar-refractivity contribution < 1.29 is 8.78 Å². The molecule has 2 nitrogen and oxygen atoms in total. The van der Waals surface area contributed by atoms with Crippen LogP contribution in [0, 0.1) is 18.6 Å². The molecule has 0 aliphatic carbocycles. The van der Waals surface area contributed by atoms with Crippen molar-refractivity contribution in [3.05, 3.63) is 44.2 Å². The highest BCUT2D eigenvalue weighted by Crippen LogP contribution is 2.20. The van der Waals surface area contributed by atoms with Gasteiger partial charge in [-0.3, -0.25) is 4.79 Å². The van der Waals surface area contributed by atoms with Crippen LogP contribution in [-0.4, -0.2) is 4.98 Å². The van der Waals surface area contributed by atoms with Gasteiger partial charge in [-0.2, -0.15) is 0 Å². The number of aromatic nitrogens is 1. The fourth-order valence-electron chi connectivity index (χ4n) is 1.43. The Hall–Kier alpha value is -1.23. The largest absolute Gasteiger partial charge is 0.357 e. The van der Waals surface area contributed by atoms with Gasteiger partial charge in [-0.15, -0.1) is 0 Å². The van der Waals surface area contributed by atoms with Crippen LogP contribution < -0.4 is 5.43 Å². The zero-order valence-electron chi connectivity index (χ0n) is 7.70. The number of benzene rings is 1. The molecule has 1 aromatic carbocycles. The van der Waals surface area contributed by atoms with Gasteiger partial charge in [0, 0.05) is 6.20 Å². The third-order valence-electron chi connectivity index (χ3n) is 2.18. The molecule has 0 spiro atoms. The van der Waals surface area contributed by atoms with Gasteiger partial charge in [-0.1, -0.05) is 0 Å². The van der Waals surface area contributed by atoms with Crippen molar-refractivity contribution in [2.24, 2.45) is 0 Å². The summed E-state index contributed by atoms with van der Waals surface area (Å²) in [6.45, 7) is 1.41. The highest BCUT2D eigenvalue weighted by atomic mass is 79.9. The fraction of sp³-hybridized carbons (Fsp3) is 0.100. The van der Waals surface area contributed by atoms with Gasteiger partial charge in [-0.05, 0) is 34.5 Å². The monoisotopic (exact) mass is 273 g/mol. The number of hydrogen-bond donors (Lipinski definition) is 1. The summed E-state index contributed by atoms with van der Waals surface area (Å²) in [5, 5.41) is -0.248.